The Bertz CT molecular complexity index is 1150. The van der Waals surface area contributed by atoms with Crippen molar-refractivity contribution in [3.8, 4) is 29.4 Å². The first-order chi connectivity index (χ1) is 15.4. The molecule has 0 unspecified atom stereocenters. The van der Waals surface area contributed by atoms with Gasteiger partial charge < -0.3 is 9.64 Å². The lowest BCUT2D eigenvalue weighted by molar-refractivity contribution is 0.412. The van der Waals surface area contributed by atoms with E-state index in [1.54, 1.807) is 18.4 Å². The Morgan fingerprint density at radius 3 is 2.52 bits per heavy atom. The Morgan fingerprint density at radius 2 is 1.91 bits per heavy atom. The number of thiazole rings is 1. The second kappa shape index (κ2) is 11.0. The van der Waals surface area contributed by atoms with Gasteiger partial charge in [0.15, 0.2) is 5.13 Å². The fourth-order valence-corrected chi connectivity index (χ4v) is 5.37. The minimum atomic E-state index is 0. The molecule has 0 N–H and O–H groups in total. The molecular weight excluding hydrogens is 495 g/mol. The van der Waals surface area contributed by atoms with Crippen molar-refractivity contribution < 1.29 is 4.74 Å². The van der Waals surface area contributed by atoms with Crippen molar-refractivity contribution >= 4 is 52.1 Å². The highest BCUT2D eigenvalue weighted by Crippen LogP contribution is 2.44. The summed E-state index contributed by atoms with van der Waals surface area (Å²) in [4.78, 5) is 8.41. The molecule has 1 fully saturated rings. The van der Waals surface area contributed by atoms with E-state index >= 15 is 0 Å². The quantitative estimate of drug-likeness (QED) is 0.280. The van der Waals surface area contributed by atoms with E-state index in [0.717, 1.165) is 49.9 Å². The van der Waals surface area contributed by atoms with E-state index in [1.807, 2.05) is 31.2 Å². The molecule has 33 heavy (non-hydrogen) atoms. The van der Waals surface area contributed by atoms with E-state index in [4.69, 9.17) is 39.3 Å². The van der Waals surface area contributed by atoms with Gasteiger partial charge in [0.1, 0.15) is 5.75 Å². The number of aromatic nitrogens is 1. The normalized spacial score (nSPS) is 13.7. The van der Waals surface area contributed by atoms with Gasteiger partial charge in [-0.2, -0.15) is 0 Å². The number of aryl methyl sites for hydroxylation is 2. The Labute approximate surface area is 216 Å². The van der Waals surface area contributed by atoms with E-state index in [1.165, 1.54) is 18.4 Å². The van der Waals surface area contributed by atoms with E-state index in [2.05, 4.69) is 29.9 Å². The Kier molecular flexibility index (Phi) is 8.59. The minimum Gasteiger partial charge on any atom is -0.496 e. The summed E-state index contributed by atoms with van der Waals surface area (Å²) < 4.78 is 5.41. The van der Waals surface area contributed by atoms with Gasteiger partial charge in [0.25, 0.3) is 0 Å². The standard InChI is InChI=1S/C26H26Cl2N2OS.ClH/c1-5-12-30(23(14-18-6-7-18)19-8-10-20(27)11-9-19)26-29-25(17(3)32-26)21-13-16(2)24(31-4)15-22(21)28;/h1,8-11,13,15,18,23H,6-7,12,14H2,2-4H3;1H/t23-;/m0./s1. The molecule has 0 aliphatic heterocycles. The van der Waals surface area contributed by atoms with Crippen molar-refractivity contribution in [1.82, 2.24) is 4.98 Å². The molecule has 0 bridgehead atoms. The van der Waals surface area contributed by atoms with Crippen LogP contribution in [0.2, 0.25) is 10.0 Å². The molecule has 3 aromatic rings. The first-order valence-electron chi connectivity index (χ1n) is 10.7. The predicted octanol–water partition coefficient (Wildman–Crippen LogP) is 8.15. The van der Waals surface area contributed by atoms with Crippen LogP contribution >= 0.6 is 46.9 Å². The largest absolute Gasteiger partial charge is 0.496 e. The SMILES string of the molecule is C#CCN(c1nc(-c2cc(C)c(OC)cc2Cl)c(C)s1)[C@@H](CC1CC1)c1ccc(Cl)cc1.Cl. The first-order valence-corrected chi connectivity index (χ1v) is 12.3. The number of anilines is 1. The second-order valence-electron chi connectivity index (χ2n) is 8.28. The fourth-order valence-electron chi connectivity index (χ4n) is 4.03. The highest BCUT2D eigenvalue weighted by Gasteiger charge is 2.31. The minimum absolute atomic E-state index is 0. The summed E-state index contributed by atoms with van der Waals surface area (Å²) in [7, 11) is 1.65. The Balaban J connectivity index is 0.00000306. The van der Waals surface area contributed by atoms with Gasteiger partial charge in [0.05, 0.1) is 30.4 Å². The second-order valence-corrected chi connectivity index (χ2v) is 10.3. The van der Waals surface area contributed by atoms with Crippen LogP contribution in [0.5, 0.6) is 5.75 Å². The van der Waals surface area contributed by atoms with Gasteiger partial charge in [-0.25, -0.2) is 4.98 Å². The smallest absolute Gasteiger partial charge is 0.187 e. The molecule has 1 heterocycles. The lowest BCUT2D eigenvalue weighted by Gasteiger charge is -2.30. The van der Waals surface area contributed by atoms with Crippen LogP contribution in [0.15, 0.2) is 36.4 Å². The van der Waals surface area contributed by atoms with Crippen LogP contribution < -0.4 is 9.64 Å². The average molecular weight is 522 g/mol. The van der Waals surface area contributed by atoms with Crippen LogP contribution in [0.4, 0.5) is 5.13 Å². The number of ether oxygens (including phenoxy) is 1. The molecule has 1 saturated carbocycles. The van der Waals surface area contributed by atoms with E-state index in [0.29, 0.717) is 11.6 Å². The molecule has 0 spiro atoms. The summed E-state index contributed by atoms with van der Waals surface area (Å²) in [6, 6.07) is 12.1. The highest BCUT2D eigenvalue weighted by atomic mass is 35.5. The molecule has 1 aromatic heterocycles. The third-order valence-corrected chi connectivity index (χ3v) is 7.49. The third kappa shape index (κ3) is 5.78. The Hall–Kier alpha value is -1.90. The molecule has 4 rings (SSSR count). The van der Waals surface area contributed by atoms with Gasteiger partial charge >= 0.3 is 0 Å². The Morgan fingerprint density at radius 1 is 1.21 bits per heavy atom. The number of methoxy groups -OCH3 is 1. The first kappa shape index (κ1) is 25.7. The molecule has 3 nitrogen and oxygen atoms in total. The lowest BCUT2D eigenvalue weighted by atomic mass is 9.99. The van der Waals surface area contributed by atoms with Crippen LogP contribution in [0.3, 0.4) is 0 Å². The number of terminal acetylenes is 1. The van der Waals surface area contributed by atoms with E-state index in [-0.39, 0.29) is 18.4 Å². The van der Waals surface area contributed by atoms with Gasteiger partial charge in [-0.3, -0.25) is 0 Å². The topological polar surface area (TPSA) is 25.4 Å². The summed E-state index contributed by atoms with van der Waals surface area (Å²) >= 11 is 14.4. The molecule has 7 heteroatoms. The summed E-state index contributed by atoms with van der Waals surface area (Å²) in [5, 5.41) is 2.28. The van der Waals surface area contributed by atoms with Crippen molar-refractivity contribution in [1.29, 1.82) is 0 Å². The van der Waals surface area contributed by atoms with Crippen LogP contribution in [0, 0.1) is 32.1 Å². The predicted molar refractivity (Wildman–Crippen MR) is 144 cm³/mol. The number of halogens is 3. The van der Waals surface area contributed by atoms with Crippen LogP contribution in [0.1, 0.15) is 41.3 Å². The van der Waals surface area contributed by atoms with Crippen molar-refractivity contribution in [2.75, 3.05) is 18.6 Å². The van der Waals surface area contributed by atoms with Crippen LogP contribution in [0.25, 0.3) is 11.3 Å². The van der Waals surface area contributed by atoms with Crippen LogP contribution in [-0.4, -0.2) is 18.6 Å². The van der Waals surface area contributed by atoms with E-state index < -0.39 is 0 Å². The van der Waals surface area contributed by atoms with E-state index in [9.17, 15) is 0 Å². The number of hydrogen-bond acceptors (Lipinski definition) is 4. The third-order valence-electron chi connectivity index (χ3n) is 5.92. The summed E-state index contributed by atoms with van der Waals surface area (Å²) in [6.45, 7) is 4.58. The summed E-state index contributed by atoms with van der Waals surface area (Å²) in [5.74, 6) is 4.35. The highest BCUT2D eigenvalue weighted by molar-refractivity contribution is 7.16. The number of nitrogens with zero attached hydrogens (tertiary/aromatic N) is 2. The summed E-state index contributed by atoms with van der Waals surface area (Å²) in [6.07, 6.45) is 9.42. The molecule has 2 aromatic carbocycles. The monoisotopic (exact) mass is 520 g/mol. The maximum Gasteiger partial charge on any atom is 0.187 e. The van der Waals surface area contributed by atoms with Gasteiger partial charge in [-0.05, 0) is 61.6 Å². The molecular formula is C26H27Cl3N2OS. The zero-order valence-corrected chi connectivity index (χ0v) is 22.0. The molecule has 0 saturated heterocycles. The van der Waals surface area contributed by atoms with Gasteiger partial charge in [0, 0.05) is 15.5 Å². The van der Waals surface area contributed by atoms with Crippen LogP contribution in [-0.2, 0) is 0 Å². The molecule has 1 atom stereocenters. The molecule has 0 amide bonds. The number of hydrogen-bond donors (Lipinski definition) is 0. The number of benzene rings is 2. The maximum absolute atomic E-state index is 6.61. The van der Waals surface area contributed by atoms with Crippen molar-refractivity contribution in [2.45, 2.75) is 39.2 Å². The summed E-state index contributed by atoms with van der Waals surface area (Å²) in [5.41, 5.74) is 4.04. The molecule has 0 radical (unpaired) electrons. The number of rotatable bonds is 8. The lowest BCUT2D eigenvalue weighted by Crippen LogP contribution is -2.29. The maximum atomic E-state index is 6.61. The zero-order valence-electron chi connectivity index (χ0n) is 18.9. The van der Waals surface area contributed by atoms with Gasteiger partial charge in [-0.15, -0.1) is 30.2 Å². The fraction of sp³-hybridized carbons (Fsp3) is 0.346. The van der Waals surface area contributed by atoms with Gasteiger partial charge in [-0.1, -0.05) is 54.1 Å². The molecule has 1 aliphatic rings. The van der Waals surface area contributed by atoms with Crippen molar-refractivity contribution in [3.63, 3.8) is 0 Å². The zero-order chi connectivity index (χ0) is 22.8. The van der Waals surface area contributed by atoms with Crippen molar-refractivity contribution in [3.05, 3.63) is 62.4 Å². The average Bonchev–Trinajstić information content (AvgIpc) is 3.52. The van der Waals surface area contributed by atoms with Crippen molar-refractivity contribution in [2.24, 2.45) is 5.92 Å². The molecule has 1 aliphatic carbocycles. The van der Waals surface area contributed by atoms with Gasteiger partial charge in [0.2, 0.25) is 0 Å². The molecule has 174 valence electrons.